The highest BCUT2D eigenvalue weighted by Gasteiger charge is 2.55. The lowest BCUT2D eigenvalue weighted by molar-refractivity contribution is 0.0526. The van der Waals surface area contributed by atoms with Crippen LogP contribution in [-0.2, 0) is 4.74 Å². The third-order valence-electron chi connectivity index (χ3n) is 2.66. The minimum atomic E-state index is -0.560. The van der Waals surface area contributed by atoms with Crippen molar-refractivity contribution in [2.24, 2.45) is 5.92 Å². The van der Waals surface area contributed by atoms with Crippen molar-refractivity contribution < 1.29 is 14.9 Å². The molecule has 2 aliphatic rings. The molecular weight excluding hydrogens is 180 g/mol. The summed E-state index contributed by atoms with van der Waals surface area (Å²) in [4.78, 5) is 0. The van der Waals surface area contributed by atoms with Crippen molar-refractivity contribution in [3.63, 3.8) is 0 Å². The van der Waals surface area contributed by atoms with Crippen molar-refractivity contribution in [2.45, 2.75) is 37.8 Å². The van der Waals surface area contributed by atoms with Gasteiger partial charge in [-0.1, -0.05) is 18.4 Å². The van der Waals surface area contributed by atoms with Crippen LogP contribution < -0.4 is 0 Å². The van der Waals surface area contributed by atoms with Gasteiger partial charge in [-0.05, 0) is 18.9 Å². The molecule has 1 aliphatic carbocycles. The Morgan fingerprint density at radius 3 is 2.79 bits per heavy atom. The number of aliphatic hydroxyl groups is 2. The van der Waals surface area contributed by atoms with Gasteiger partial charge in [0.05, 0.1) is 18.1 Å². The molecule has 5 atom stereocenters. The molecule has 0 aromatic carbocycles. The molecule has 0 aromatic rings. The van der Waals surface area contributed by atoms with Crippen LogP contribution in [0.1, 0.15) is 13.3 Å². The fourth-order valence-corrected chi connectivity index (χ4v) is 1.84. The van der Waals surface area contributed by atoms with Gasteiger partial charge in [0.15, 0.2) is 0 Å². The van der Waals surface area contributed by atoms with Crippen LogP contribution in [0.4, 0.5) is 0 Å². The molecule has 3 nitrogen and oxygen atoms in total. The molecule has 3 heteroatoms. The van der Waals surface area contributed by atoms with E-state index in [1.54, 1.807) is 0 Å². The summed E-state index contributed by atoms with van der Waals surface area (Å²) in [7, 11) is 0. The second-order valence-corrected chi connectivity index (χ2v) is 4.02. The van der Waals surface area contributed by atoms with Crippen LogP contribution >= 0.6 is 0 Å². The van der Waals surface area contributed by atoms with Gasteiger partial charge in [-0.15, -0.1) is 0 Å². The maximum atomic E-state index is 9.74. The molecule has 2 N–H and O–H groups in total. The molecule has 14 heavy (non-hydrogen) atoms. The Labute approximate surface area is 83.4 Å². The molecule has 2 rings (SSSR count). The molecule has 0 aromatic heterocycles. The van der Waals surface area contributed by atoms with Gasteiger partial charge in [0.1, 0.15) is 12.2 Å². The third kappa shape index (κ3) is 1.69. The van der Waals surface area contributed by atoms with Crippen LogP contribution in [0.3, 0.4) is 0 Å². The lowest BCUT2D eigenvalue weighted by Gasteiger charge is -2.23. The van der Waals surface area contributed by atoms with Crippen LogP contribution in [0.15, 0.2) is 12.2 Å². The maximum Gasteiger partial charge on any atom is 0.114 e. The van der Waals surface area contributed by atoms with E-state index < -0.39 is 12.2 Å². The predicted octanol–water partition coefficient (Wildman–Crippen LogP) is 0.0750. The van der Waals surface area contributed by atoms with Gasteiger partial charge in [0.25, 0.3) is 0 Å². The van der Waals surface area contributed by atoms with Crippen LogP contribution in [0.5, 0.6) is 0 Å². The Morgan fingerprint density at radius 2 is 2.14 bits per heavy atom. The number of aliphatic hydroxyl groups excluding tert-OH is 2. The topological polar surface area (TPSA) is 53.0 Å². The normalized spacial score (nSPS) is 44.6. The summed E-state index contributed by atoms with van der Waals surface area (Å²) in [6, 6.07) is 0. The van der Waals surface area contributed by atoms with E-state index in [0.717, 1.165) is 5.57 Å². The van der Waals surface area contributed by atoms with E-state index in [1.807, 2.05) is 6.92 Å². The lowest BCUT2D eigenvalue weighted by Crippen LogP contribution is -2.38. The van der Waals surface area contributed by atoms with Crippen LogP contribution in [0, 0.1) is 17.8 Å². The molecule has 0 amide bonds. The van der Waals surface area contributed by atoms with Crippen molar-refractivity contribution in [3.8, 4) is 11.8 Å². The first-order valence-electron chi connectivity index (χ1n) is 4.78. The Morgan fingerprint density at radius 1 is 1.43 bits per heavy atom. The highest BCUT2D eigenvalue weighted by molar-refractivity contribution is 5.26. The molecular formula is C11H14O3. The minimum absolute atomic E-state index is 0.159. The SMILES string of the molecule is C=C(C)C#CC1C[C@H](O)[C@H]2O[C@H]2[C@@H]1O. The molecule has 1 unspecified atom stereocenters. The average Bonchev–Trinajstić information content (AvgIpc) is 2.88. The number of hydrogen-bond donors (Lipinski definition) is 2. The summed E-state index contributed by atoms with van der Waals surface area (Å²) in [5, 5.41) is 19.3. The van der Waals surface area contributed by atoms with Crippen LogP contribution in [0.2, 0.25) is 0 Å². The standard InChI is InChI=1S/C11H14O3/c1-6(2)3-4-7-5-8(12)10-11(14-10)9(7)13/h7-13H,1,5H2,2H3/t7?,8-,9+,10+,11-/m0/s1. The minimum Gasteiger partial charge on any atom is -0.390 e. The zero-order valence-corrected chi connectivity index (χ0v) is 8.10. The van der Waals surface area contributed by atoms with E-state index in [9.17, 15) is 10.2 Å². The number of rotatable bonds is 0. The zero-order chi connectivity index (χ0) is 10.3. The second-order valence-electron chi connectivity index (χ2n) is 4.02. The quantitative estimate of drug-likeness (QED) is 0.424. The number of epoxide rings is 1. The Hall–Kier alpha value is -0.820. The van der Waals surface area contributed by atoms with Crippen molar-refractivity contribution in [1.29, 1.82) is 0 Å². The van der Waals surface area contributed by atoms with E-state index in [-0.39, 0.29) is 18.1 Å². The summed E-state index contributed by atoms with van der Waals surface area (Å²) in [6.07, 6.45) is -0.915. The van der Waals surface area contributed by atoms with Gasteiger partial charge in [0, 0.05) is 0 Å². The summed E-state index contributed by atoms with van der Waals surface area (Å²) in [6.45, 7) is 5.48. The first-order valence-corrected chi connectivity index (χ1v) is 4.78. The molecule has 76 valence electrons. The van der Waals surface area contributed by atoms with Gasteiger partial charge < -0.3 is 14.9 Å². The second kappa shape index (κ2) is 3.39. The summed E-state index contributed by atoms with van der Waals surface area (Å²) in [5.41, 5.74) is 0.769. The fraction of sp³-hybridized carbons (Fsp3) is 0.636. The highest BCUT2D eigenvalue weighted by atomic mass is 16.6. The Kier molecular flexibility index (Phi) is 2.36. The van der Waals surface area contributed by atoms with Gasteiger partial charge in [-0.2, -0.15) is 0 Å². The molecule has 0 bridgehead atoms. The predicted molar refractivity (Wildman–Crippen MR) is 51.4 cm³/mol. The lowest BCUT2D eigenvalue weighted by atomic mass is 9.85. The molecule has 1 saturated carbocycles. The van der Waals surface area contributed by atoms with E-state index in [0.29, 0.717) is 6.42 Å². The molecule has 0 radical (unpaired) electrons. The van der Waals surface area contributed by atoms with E-state index in [2.05, 4.69) is 18.4 Å². The van der Waals surface area contributed by atoms with Crippen LogP contribution in [0.25, 0.3) is 0 Å². The Bertz CT molecular complexity index is 312. The molecule has 1 aliphatic heterocycles. The largest absolute Gasteiger partial charge is 0.390 e. The number of allylic oxidation sites excluding steroid dienone is 1. The van der Waals surface area contributed by atoms with E-state index in [1.165, 1.54) is 0 Å². The summed E-state index contributed by atoms with van der Waals surface area (Å²) < 4.78 is 5.15. The van der Waals surface area contributed by atoms with Crippen LogP contribution in [-0.4, -0.2) is 34.6 Å². The number of hydrogen-bond acceptors (Lipinski definition) is 3. The summed E-state index contributed by atoms with van der Waals surface area (Å²) >= 11 is 0. The molecule has 0 spiro atoms. The number of ether oxygens (including phenoxy) is 1. The van der Waals surface area contributed by atoms with Gasteiger partial charge >= 0.3 is 0 Å². The fourth-order valence-electron chi connectivity index (χ4n) is 1.84. The molecule has 1 heterocycles. The van der Waals surface area contributed by atoms with Crippen molar-refractivity contribution in [1.82, 2.24) is 0 Å². The molecule has 2 fully saturated rings. The van der Waals surface area contributed by atoms with Crippen molar-refractivity contribution in [3.05, 3.63) is 12.2 Å². The maximum absolute atomic E-state index is 9.74. The van der Waals surface area contributed by atoms with E-state index in [4.69, 9.17) is 4.74 Å². The average molecular weight is 194 g/mol. The van der Waals surface area contributed by atoms with Crippen molar-refractivity contribution in [2.75, 3.05) is 0 Å². The Balaban J connectivity index is 2.05. The van der Waals surface area contributed by atoms with Gasteiger partial charge in [-0.3, -0.25) is 0 Å². The summed E-state index contributed by atoms with van der Waals surface area (Å²) in [5.74, 6) is 5.56. The first-order chi connectivity index (χ1) is 6.59. The van der Waals surface area contributed by atoms with Gasteiger partial charge in [0.2, 0.25) is 0 Å². The smallest absolute Gasteiger partial charge is 0.114 e. The van der Waals surface area contributed by atoms with Gasteiger partial charge in [-0.25, -0.2) is 0 Å². The third-order valence-corrected chi connectivity index (χ3v) is 2.66. The number of fused-ring (bicyclic) bond motifs is 1. The van der Waals surface area contributed by atoms with Crippen molar-refractivity contribution >= 4 is 0 Å². The van der Waals surface area contributed by atoms with E-state index >= 15 is 0 Å². The monoisotopic (exact) mass is 194 g/mol. The highest BCUT2D eigenvalue weighted by Crippen LogP contribution is 2.39. The first kappa shape index (κ1) is 9.72. The zero-order valence-electron chi connectivity index (χ0n) is 8.10. The molecule has 1 saturated heterocycles.